The molecule has 0 radical (unpaired) electrons. The lowest BCUT2D eigenvalue weighted by Crippen LogP contribution is -2.28. The number of hydrogen-bond acceptors (Lipinski definition) is 4. The van der Waals surface area contributed by atoms with Crippen molar-refractivity contribution in [1.29, 1.82) is 0 Å². The van der Waals surface area contributed by atoms with Crippen LogP contribution < -0.4 is 15.6 Å². The van der Waals surface area contributed by atoms with Crippen LogP contribution in [-0.4, -0.2) is 41.5 Å². The summed E-state index contributed by atoms with van der Waals surface area (Å²) in [6, 6.07) is 10.8. The molecule has 0 atom stereocenters. The molecule has 3 aromatic rings. The molecule has 2 amide bonds. The van der Waals surface area contributed by atoms with Crippen molar-refractivity contribution in [2.75, 3.05) is 25.5 Å². The molecule has 0 saturated carbocycles. The number of hydrogen-bond donors (Lipinski definition) is 1. The number of aromatic nitrogens is 1. The molecular formula is C26H29N3O4. The Labute approximate surface area is 193 Å². The number of nitrogens with zero attached hydrogens (tertiary/aromatic N) is 2. The predicted molar refractivity (Wildman–Crippen MR) is 129 cm³/mol. The zero-order valence-electron chi connectivity index (χ0n) is 19.3. The average molecular weight is 448 g/mol. The quantitative estimate of drug-likeness (QED) is 0.596. The number of likely N-dealkylation sites (tertiary alicyclic amines) is 1. The van der Waals surface area contributed by atoms with Gasteiger partial charge in [-0.1, -0.05) is 6.07 Å². The molecule has 0 spiro atoms. The summed E-state index contributed by atoms with van der Waals surface area (Å²) in [5, 5.41) is 4.20. The fourth-order valence-corrected chi connectivity index (χ4v) is 4.57. The van der Waals surface area contributed by atoms with Crippen LogP contribution in [0.15, 0.2) is 47.4 Å². The van der Waals surface area contributed by atoms with Gasteiger partial charge in [0.05, 0.1) is 7.11 Å². The average Bonchev–Trinajstić information content (AvgIpc) is 3.20. The van der Waals surface area contributed by atoms with E-state index >= 15 is 0 Å². The summed E-state index contributed by atoms with van der Waals surface area (Å²) in [5.41, 5.74) is 2.80. The second-order valence-corrected chi connectivity index (χ2v) is 8.52. The van der Waals surface area contributed by atoms with Gasteiger partial charge in [0, 0.05) is 54.3 Å². The van der Waals surface area contributed by atoms with Gasteiger partial charge in [-0.3, -0.25) is 14.4 Å². The number of anilines is 1. The van der Waals surface area contributed by atoms with Crippen molar-refractivity contribution in [3.63, 3.8) is 0 Å². The molecule has 1 aromatic heterocycles. The van der Waals surface area contributed by atoms with Crippen molar-refractivity contribution in [2.24, 2.45) is 0 Å². The number of amides is 2. The van der Waals surface area contributed by atoms with Crippen LogP contribution in [0, 0.1) is 13.8 Å². The Hall–Kier alpha value is -3.61. The van der Waals surface area contributed by atoms with Crippen molar-refractivity contribution < 1.29 is 14.3 Å². The summed E-state index contributed by atoms with van der Waals surface area (Å²) in [6.45, 7) is 5.83. The second-order valence-electron chi connectivity index (χ2n) is 8.52. The Balaban J connectivity index is 1.53. The highest BCUT2D eigenvalue weighted by atomic mass is 16.5. The highest BCUT2D eigenvalue weighted by Gasteiger charge is 2.19. The molecule has 1 aliphatic heterocycles. The maximum Gasteiger partial charge on any atom is 0.258 e. The van der Waals surface area contributed by atoms with Gasteiger partial charge in [-0.25, -0.2) is 0 Å². The third kappa shape index (κ3) is 4.62. The van der Waals surface area contributed by atoms with E-state index in [1.54, 1.807) is 48.2 Å². The van der Waals surface area contributed by atoms with Crippen LogP contribution in [0.4, 0.5) is 5.69 Å². The number of methoxy groups -OCH3 is 1. The molecule has 0 unspecified atom stereocenters. The summed E-state index contributed by atoms with van der Waals surface area (Å²) in [4.78, 5) is 39.6. The molecule has 1 saturated heterocycles. The number of ether oxygens (including phenoxy) is 1. The number of aryl methyl sites for hydroxylation is 3. The Kier molecular flexibility index (Phi) is 6.49. The molecule has 2 aromatic carbocycles. The number of pyridine rings is 1. The van der Waals surface area contributed by atoms with Crippen molar-refractivity contribution in [1.82, 2.24) is 9.47 Å². The summed E-state index contributed by atoms with van der Waals surface area (Å²) in [6.07, 6.45) is 4.02. The van der Waals surface area contributed by atoms with Crippen LogP contribution in [-0.2, 0) is 11.3 Å². The largest absolute Gasteiger partial charge is 0.496 e. The van der Waals surface area contributed by atoms with Crippen molar-refractivity contribution in [3.8, 4) is 5.75 Å². The molecule has 0 aliphatic carbocycles. The van der Waals surface area contributed by atoms with E-state index in [2.05, 4.69) is 5.32 Å². The van der Waals surface area contributed by atoms with Crippen LogP contribution in [0.2, 0.25) is 0 Å². The lowest BCUT2D eigenvalue weighted by Gasteiger charge is -2.16. The number of nitrogens with one attached hydrogen (secondary N) is 1. The summed E-state index contributed by atoms with van der Waals surface area (Å²) in [7, 11) is 1.61. The molecular weight excluding hydrogens is 418 g/mol. The van der Waals surface area contributed by atoms with E-state index < -0.39 is 0 Å². The Morgan fingerprint density at radius 2 is 1.82 bits per heavy atom. The molecule has 7 heteroatoms. The van der Waals surface area contributed by atoms with E-state index in [9.17, 15) is 14.4 Å². The van der Waals surface area contributed by atoms with E-state index in [0.717, 1.165) is 36.3 Å². The topological polar surface area (TPSA) is 80.6 Å². The summed E-state index contributed by atoms with van der Waals surface area (Å²) >= 11 is 0. The monoisotopic (exact) mass is 447 g/mol. The first-order valence-corrected chi connectivity index (χ1v) is 11.3. The van der Waals surface area contributed by atoms with E-state index in [1.165, 1.54) is 0 Å². The third-order valence-electron chi connectivity index (χ3n) is 6.19. The summed E-state index contributed by atoms with van der Waals surface area (Å²) < 4.78 is 7.06. The standard InChI is InChI=1S/C26H29N3O4/c1-17-15-19(16-18(2)24(17)33-3)25(31)27-22-8-4-7-21-20(22)10-14-29(26(21)32)13-6-12-28-11-5-9-23(28)30/h4,7-8,10,14-16H,5-6,9,11-13H2,1-3H3,(H,27,31). The fraction of sp³-hybridized carbons (Fsp3) is 0.346. The smallest absolute Gasteiger partial charge is 0.258 e. The minimum absolute atomic E-state index is 0.104. The van der Waals surface area contributed by atoms with Gasteiger partial charge in [0.15, 0.2) is 0 Å². The molecule has 1 fully saturated rings. The predicted octanol–water partition coefficient (Wildman–Crippen LogP) is 3.89. The Bertz CT molecular complexity index is 1260. The summed E-state index contributed by atoms with van der Waals surface area (Å²) in [5.74, 6) is 0.727. The van der Waals surface area contributed by atoms with Crippen molar-refractivity contribution in [2.45, 2.75) is 39.7 Å². The van der Waals surface area contributed by atoms with Gasteiger partial charge in [0.1, 0.15) is 5.75 Å². The Morgan fingerprint density at radius 1 is 1.06 bits per heavy atom. The minimum atomic E-state index is -0.240. The van der Waals surface area contributed by atoms with Crippen molar-refractivity contribution in [3.05, 3.63) is 69.6 Å². The van der Waals surface area contributed by atoms with E-state index in [0.29, 0.717) is 41.5 Å². The van der Waals surface area contributed by atoms with Gasteiger partial charge in [0.2, 0.25) is 5.91 Å². The number of benzene rings is 2. The van der Waals surface area contributed by atoms with Crippen LogP contribution in [0.5, 0.6) is 5.75 Å². The molecule has 4 rings (SSSR count). The lowest BCUT2D eigenvalue weighted by molar-refractivity contribution is -0.127. The Morgan fingerprint density at radius 3 is 2.48 bits per heavy atom. The van der Waals surface area contributed by atoms with Gasteiger partial charge in [-0.05, 0) is 68.1 Å². The first-order chi connectivity index (χ1) is 15.9. The SMILES string of the molecule is COc1c(C)cc(C(=O)Nc2cccc3c(=O)n(CCCN4CCCC4=O)ccc23)cc1C. The first-order valence-electron chi connectivity index (χ1n) is 11.3. The zero-order valence-corrected chi connectivity index (χ0v) is 19.3. The highest BCUT2D eigenvalue weighted by Crippen LogP contribution is 2.26. The normalized spacial score (nSPS) is 13.5. The maximum absolute atomic E-state index is 13.0. The highest BCUT2D eigenvalue weighted by molar-refractivity contribution is 6.09. The van der Waals surface area contributed by atoms with E-state index in [4.69, 9.17) is 4.74 Å². The van der Waals surface area contributed by atoms with Crippen LogP contribution in [0.1, 0.15) is 40.7 Å². The number of fused-ring (bicyclic) bond motifs is 1. The van der Waals surface area contributed by atoms with Gasteiger partial charge in [0.25, 0.3) is 11.5 Å². The number of carbonyl (C=O) groups excluding carboxylic acids is 2. The number of carbonyl (C=O) groups is 2. The minimum Gasteiger partial charge on any atom is -0.496 e. The zero-order chi connectivity index (χ0) is 23.5. The first kappa shape index (κ1) is 22.6. The van der Waals surface area contributed by atoms with Crippen LogP contribution in [0.25, 0.3) is 10.8 Å². The third-order valence-corrected chi connectivity index (χ3v) is 6.19. The van der Waals surface area contributed by atoms with Gasteiger partial charge in [-0.2, -0.15) is 0 Å². The van der Waals surface area contributed by atoms with Gasteiger partial charge in [-0.15, -0.1) is 0 Å². The molecule has 0 bridgehead atoms. The van der Waals surface area contributed by atoms with Gasteiger partial charge < -0.3 is 19.5 Å². The van der Waals surface area contributed by atoms with Crippen LogP contribution in [0.3, 0.4) is 0 Å². The molecule has 172 valence electrons. The number of rotatable bonds is 7. The maximum atomic E-state index is 13.0. The molecule has 1 aliphatic rings. The van der Waals surface area contributed by atoms with E-state index in [1.807, 2.05) is 24.8 Å². The lowest BCUT2D eigenvalue weighted by atomic mass is 10.0. The van der Waals surface area contributed by atoms with Crippen molar-refractivity contribution >= 4 is 28.3 Å². The van der Waals surface area contributed by atoms with Gasteiger partial charge >= 0.3 is 0 Å². The molecule has 7 nitrogen and oxygen atoms in total. The fourth-order valence-electron chi connectivity index (χ4n) is 4.57. The molecule has 33 heavy (non-hydrogen) atoms. The second kappa shape index (κ2) is 9.48. The van der Waals surface area contributed by atoms with E-state index in [-0.39, 0.29) is 17.4 Å². The molecule has 2 heterocycles. The van der Waals surface area contributed by atoms with Crippen LogP contribution >= 0.6 is 0 Å². The molecule has 1 N–H and O–H groups in total.